The minimum absolute atomic E-state index is 0.136. The van der Waals surface area contributed by atoms with Crippen LogP contribution in [0.5, 0.6) is 0 Å². The molecular formula is C8H9N3O. The third-order valence-corrected chi connectivity index (χ3v) is 2.45. The maximum atomic E-state index is 6.04. The molecule has 1 aliphatic carbocycles. The Morgan fingerprint density at radius 3 is 3.17 bits per heavy atom. The SMILES string of the molecule is NC1(c2cnc3occn23)CC1. The number of nitrogens with two attached hydrogens (primary N) is 1. The van der Waals surface area contributed by atoms with E-state index in [2.05, 4.69) is 4.98 Å². The van der Waals surface area contributed by atoms with E-state index in [0.29, 0.717) is 5.84 Å². The van der Waals surface area contributed by atoms with Crippen LogP contribution in [0.4, 0.5) is 0 Å². The van der Waals surface area contributed by atoms with Gasteiger partial charge in [0.2, 0.25) is 0 Å². The van der Waals surface area contributed by atoms with Crippen LogP contribution in [-0.2, 0) is 5.54 Å². The molecule has 4 heteroatoms. The second kappa shape index (κ2) is 1.72. The second-order valence-corrected chi connectivity index (χ2v) is 3.36. The topological polar surface area (TPSA) is 56.5 Å². The zero-order valence-electron chi connectivity index (χ0n) is 6.53. The molecule has 2 aromatic heterocycles. The first-order chi connectivity index (χ1) is 5.80. The largest absolute Gasteiger partial charge is 0.432 e. The van der Waals surface area contributed by atoms with Crippen molar-refractivity contribution in [3.8, 4) is 0 Å². The molecule has 1 saturated carbocycles. The Morgan fingerprint density at radius 2 is 2.42 bits per heavy atom. The Labute approximate surface area is 69.0 Å². The van der Waals surface area contributed by atoms with Crippen molar-refractivity contribution in [3.63, 3.8) is 0 Å². The molecule has 0 aliphatic heterocycles. The summed E-state index contributed by atoms with van der Waals surface area (Å²) in [7, 11) is 0. The average Bonchev–Trinajstić information content (AvgIpc) is 2.48. The number of aromatic nitrogens is 2. The Kier molecular flexibility index (Phi) is 0.895. The van der Waals surface area contributed by atoms with E-state index in [1.54, 1.807) is 12.5 Å². The quantitative estimate of drug-likeness (QED) is 0.678. The molecule has 1 fully saturated rings. The second-order valence-electron chi connectivity index (χ2n) is 3.36. The lowest BCUT2D eigenvalue weighted by Crippen LogP contribution is -2.20. The van der Waals surface area contributed by atoms with Gasteiger partial charge in [0.25, 0.3) is 0 Å². The molecule has 0 radical (unpaired) electrons. The number of hydrogen-bond acceptors (Lipinski definition) is 3. The van der Waals surface area contributed by atoms with Gasteiger partial charge in [0, 0.05) is 6.20 Å². The molecule has 12 heavy (non-hydrogen) atoms. The summed E-state index contributed by atoms with van der Waals surface area (Å²) in [5.74, 6) is 0.627. The van der Waals surface area contributed by atoms with Crippen LogP contribution >= 0.6 is 0 Å². The van der Waals surface area contributed by atoms with E-state index in [1.807, 2.05) is 10.6 Å². The van der Waals surface area contributed by atoms with Gasteiger partial charge in [-0.3, -0.25) is 4.40 Å². The summed E-state index contributed by atoms with van der Waals surface area (Å²) in [5, 5.41) is 0. The lowest BCUT2D eigenvalue weighted by atomic mass is 10.2. The molecular weight excluding hydrogens is 154 g/mol. The fraction of sp³-hybridized carbons (Fsp3) is 0.375. The van der Waals surface area contributed by atoms with Crippen LogP contribution in [0, 0.1) is 0 Å². The van der Waals surface area contributed by atoms with Crippen LogP contribution in [0.2, 0.25) is 0 Å². The smallest absolute Gasteiger partial charge is 0.305 e. The van der Waals surface area contributed by atoms with E-state index >= 15 is 0 Å². The highest BCUT2D eigenvalue weighted by Crippen LogP contribution is 2.42. The van der Waals surface area contributed by atoms with Crippen molar-refractivity contribution in [2.75, 3.05) is 0 Å². The van der Waals surface area contributed by atoms with Gasteiger partial charge >= 0.3 is 5.84 Å². The summed E-state index contributed by atoms with van der Waals surface area (Å²) in [4.78, 5) is 4.10. The van der Waals surface area contributed by atoms with Crippen LogP contribution < -0.4 is 5.73 Å². The molecule has 2 N–H and O–H groups in total. The molecule has 62 valence electrons. The Bertz CT molecular complexity index is 424. The first-order valence-electron chi connectivity index (χ1n) is 3.99. The Balaban J connectivity index is 2.30. The lowest BCUT2D eigenvalue weighted by Gasteiger charge is -2.04. The molecule has 0 spiro atoms. The fourth-order valence-corrected chi connectivity index (χ4v) is 1.49. The lowest BCUT2D eigenvalue weighted by molar-refractivity contribution is 0.594. The Hall–Kier alpha value is -1.29. The van der Waals surface area contributed by atoms with Crippen LogP contribution in [0.1, 0.15) is 18.5 Å². The van der Waals surface area contributed by atoms with Crippen molar-refractivity contribution < 1.29 is 4.42 Å². The van der Waals surface area contributed by atoms with Crippen LogP contribution in [0.3, 0.4) is 0 Å². The molecule has 0 aromatic carbocycles. The van der Waals surface area contributed by atoms with Gasteiger partial charge in [-0.25, -0.2) is 4.98 Å². The summed E-state index contributed by atoms with van der Waals surface area (Å²) < 4.78 is 7.03. The van der Waals surface area contributed by atoms with Gasteiger partial charge in [0.15, 0.2) is 0 Å². The summed E-state index contributed by atoms with van der Waals surface area (Å²) >= 11 is 0. The number of nitrogens with zero attached hydrogens (tertiary/aromatic N) is 2. The highest BCUT2D eigenvalue weighted by Gasteiger charge is 2.42. The van der Waals surface area contributed by atoms with E-state index in [4.69, 9.17) is 10.2 Å². The summed E-state index contributed by atoms with van der Waals surface area (Å²) in [6.07, 6.45) is 7.37. The third kappa shape index (κ3) is 0.628. The van der Waals surface area contributed by atoms with Crippen molar-refractivity contribution in [2.24, 2.45) is 5.73 Å². The van der Waals surface area contributed by atoms with Gasteiger partial charge in [-0.05, 0) is 12.8 Å². The molecule has 1 aliphatic rings. The Morgan fingerprint density at radius 1 is 1.58 bits per heavy atom. The zero-order chi connectivity index (χ0) is 8.18. The molecule has 0 saturated heterocycles. The fourth-order valence-electron chi connectivity index (χ4n) is 1.49. The summed E-state index contributed by atoms with van der Waals surface area (Å²) in [6, 6.07) is 0. The normalized spacial score (nSPS) is 20.1. The van der Waals surface area contributed by atoms with Gasteiger partial charge in [0.05, 0.1) is 17.4 Å². The maximum absolute atomic E-state index is 6.04. The number of rotatable bonds is 1. The third-order valence-electron chi connectivity index (χ3n) is 2.45. The molecule has 4 nitrogen and oxygen atoms in total. The van der Waals surface area contributed by atoms with Gasteiger partial charge < -0.3 is 10.2 Å². The van der Waals surface area contributed by atoms with Crippen molar-refractivity contribution >= 4 is 5.84 Å². The van der Waals surface area contributed by atoms with Crippen LogP contribution in [-0.4, -0.2) is 9.38 Å². The molecule has 2 aromatic rings. The van der Waals surface area contributed by atoms with Crippen molar-refractivity contribution in [1.29, 1.82) is 0 Å². The number of imidazole rings is 1. The first kappa shape index (κ1) is 6.25. The first-order valence-corrected chi connectivity index (χ1v) is 3.99. The highest BCUT2D eigenvalue weighted by atomic mass is 16.3. The predicted molar refractivity (Wildman–Crippen MR) is 42.6 cm³/mol. The minimum Gasteiger partial charge on any atom is -0.432 e. The van der Waals surface area contributed by atoms with E-state index in [0.717, 1.165) is 18.5 Å². The molecule has 0 amide bonds. The van der Waals surface area contributed by atoms with Gasteiger partial charge in [0.1, 0.15) is 6.26 Å². The predicted octanol–water partition coefficient (Wildman–Crippen LogP) is 0.875. The van der Waals surface area contributed by atoms with E-state index < -0.39 is 0 Å². The number of hydrogen-bond donors (Lipinski definition) is 1. The molecule has 2 heterocycles. The van der Waals surface area contributed by atoms with Gasteiger partial charge in [-0.1, -0.05) is 0 Å². The van der Waals surface area contributed by atoms with Crippen LogP contribution in [0.25, 0.3) is 5.84 Å². The standard InChI is InChI=1S/C8H9N3O/c9-8(1-2-8)6-5-10-7-11(6)3-4-12-7/h3-5H,1-2,9H2. The van der Waals surface area contributed by atoms with Crippen molar-refractivity contribution in [3.05, 3.63) is 24.4 Å². The zero-order valence-corrected chi connectivity index (χ0v) is 6.53. The maximum Gasteiger partial charge on any atom is 0.305 e. The van der Waals surface area contributed by atoms with Gasteiger partial charge in [-0.2, -0.15) is 0 Å². The molecule has 0 unspecified atom stereocenters. The minimum atomic E-state index is -0.136. The monoisotopic (exact) mass is 163 g/mol. The van der Waals surface area contributed by atoms with Crippen molar-refractivity contribution in [2.45, 2.75) is 18.4 Å². The molecule has 0 bridgehead atoms. The van der Waals surface area contributed by atoms with Crippen molar-refractivity contribution in [1.82, 2.24) is 9.38 Å². The summed E-state index contributed by atoms with van der Waals surface area (Å²) in [5.41, 5.74) is 6.96. The average molecular weight is 163 g/mol. The molecule has 0 atom stereocenters. The van der Waals surface area contributed by atoms with Crippen LogP contribution in [0.15, 0.2) is 23.1 Å². The van der Waals surface area contributed by atoms with E-state index in [1.165, 1.54) is 0 Å². The molecule has 3 rings (SSSR count). The van der Waals surface area contributed by atoms with Gasteiger partial charge in [-0.15, -0.1) is 0 Å². The van der Waals surface area contributed by atoms with E-state index in [-0.39, 0.29) is 5.54 Å². The highest BCUT2D eigenvalue weighted by molar-refractivity contribution is 5.33. The number of oxazole rings is 1. The van der Waals surface area contributed by atoms with E-state index in [9.17, 15) is 0 Å². The summed E-state index contributed by atoms with van der Waals surface area (Å²) in [6.45, 7) is 0. The number of fused-ring (bicyclic) bond motifs is 1.